The molecule has 0 unspecified atom stereocenters. The van der Waals surface area contributed by atoms with Gasteiger partial charge in [-0.3, -0.25) is 9.48 Å². The van der Waals surface area contributed by atoms with Crippen molar-refractivity contribution in [1.29, 1.82) is 0 Å². The van der Waals surface area contributed by atoms with Gasteiger partial charge in [-0.2, -0.15) is 5.10 Å². The molecule has 0 atom stereocenters. The molecule has 0 radical (unpaired) electrons. The van der Waals surface area contributed by atoms with Crippen molar-refractivity contribution in [2.45, 2.75) is 57.0 Å². The van der Waals surface area contributed by atoms with Crippen LogP contribution in [0.25, 0.3) is 0 Å². The monoisotopic (exact) mass is 443 g/mol. The van der Waals surface area contributed by atoms with Gasteiger partial charge >= 0.3 is 0 Å². The highest BCUT2D eigenvalue weighted by Gasteiger charge is 2.55. The average molecular weight is 444 g/mol. The van der Waals surface area contributed by atoms with Crippen LogP contribution in [0.5, 0.6) is 0 Å². The summed E-state index contributed by atoms with van der Waals surface area (Å²) in [6.07, 6.45) is 8.36. The van der Waals surface area contributed by atoms with E-state index < -0.39 is 0 Å². The van der Waals surface area contributed by atoms with Crippen LogP contribution >= 0.6 is 0 Å². The second-order valence-electron chi connectivity index (χ2n) is 10.00. The fraction of sp³-hybridized carbons (Fsp3) is 0.462. The molecular weight excluding hydrogens is 414 g/mol. The first kappa shape index (κ1) is 20.5. The number of aliphatic hydroxyl groups is 1. The summed E-state index contributed by atoms with van der Waals surface area (Å²) in [4.78, 5) is 24.6. The van der Waals surface area contributed by atoms with Crippen LogP contribution in [-0.4, -0.2) is 49.8 Å². The molecule has 3 aromatic rings. The molecule has 1 N–H and O–H groups in total. The fourth-order valence-corrected chi connectivity index (χ4v) is 5.91. The molecular formula is C26H29N5O2. The molecule has 2 aromatic heterocycles. The summed E-state index contributed by atoms with van der Waals surface area (Å²) in [5.74, 6) is 0.876. The third-order valence-electron chi connectivity index (χ3n) is 7.74. The van der Waals surface area contributed by atoms with Crippen LogP contribution in [0.1, 0.15) is 71.9 Å². The van der Waals surface area contributed by atoms with Crippen molar-refractivity contribution < 1.29 is 9.90 Å². The standard InChI is InChI=1S/C26H29N5O2/c32-17-26-13-20(14-26)30(16-26)25-27-11-10-21(28-25)24(33)22-12-23(19-8-4-5-9-19)31(29-22)15-18-6-2-1-3-7-18/h1-3,6-7,10-12,19-20,32H,4-5,8-9,13-17H2. The normalized spacial score (nSPS) is 24.3. The zero-order chi connectivity index (χ0) is 22.4. The van der Waals surface area contributed by atoms with E-state index in [1.165, 1.54) is 18.4 Å². The Morgan fingerprint density at radius 3 is 2.61 bits per heavy atom. The highest BCUT2D eigenvalue weighted by atomic mass is 16.3. The van der Waals surface area contributed by atoms with Gasteiger partial charge in [0, 0.05) is 35.8 Å². The molecule has 4 fully saturated rings. The SMILES string of the molecule is O=C(c1ccnc(N2CC3(CO)CC2C3)n1)c1cc(C2CCCC2)n(Cc2ccccc2)n1. The Labute approximate surface area is 193 Å². The largest absolute Gasteiger partial charge is 0.396 e. The van der Waals surface area contributed by atoms with E-state index >= 15 is 0 Å². The Morgan fingerprint density at radius 2 is 1.88 bits per heavy atom. The van der Waals surface area contributed by atoms with Gasteiger partial charge in [0.15, 0.2) is 0 Å². The molecule has 4 heterocycles. The van der Waals surface area contributed by atoms with Crippen molar-refractivity contribution in [2.75, 3.05) is 18.1 Å². The van der Waals surface area contributed by atoms with Gasteiger partial charge in [-0.1, -0.05) is 43.2 Å². The van der Waals surface area contributed by atoms with Crippen molar-refractivity contribution in [2.24, 2.45) is 5.41 Å². The lowest BCUT2D eigenvalue weighted by Gasteiger charge is -2.34. The summed E-state index contributed by atoms with van der Waals surface area (Å²) < 4.78 is 2.01. The zero-order valence-electron chi connectivity index (χ0n) is 18.7. The summed E-state index contributed by atoms with van der Waals surface area (Å²) in [6, 6.07) is 14.3. The Morgan fingerprint density at radius 1 is 1.09 bits per heavy atom. The molecule has 7 rings (SSSR count). The van der Waals surface area contributed by atoms with Crippen molar-refractivity contribution in [3.05, 3.63) is 71.3 Å². The van der Waals surface area contributed by atoms with Crippen molar-refractivity contribution in [3.63, 3.8) is 0 Å². The van der Waals surface area contributed by atoms with E-state index in [1.807, 2.05) is 28.9 Å². The van der Waals surface area contributed by atoms with Crippen molar-refractivity contribution in [1.82, 2.24) is 19.7 Å². The Kier molecular flexibility index (Phi) is 5.02. The summed E-state index contributed by atoms with van der Waals surface area (Å²) in [5.41, 5.74) is 3.15. The maximum atomic E-state index is 13.4. The van der Waals surface area contributed by atoms with Gasteiger partial charge in [-0.05, 0) is 43.4 Å². The lowest BCUT2D eigenvalue weighted by Crippen LogP contribution is -2.37. The predicted octanol–water partition coefficient (Wildman–Crippen LogP) is 3.57. The number of rotatable bonds is 7. The second-order valence-corrected chi connectivity index (χ2v) is 10.00. The number of carbonyl (C=O) groups is 1. The molecule has 1 aromatic carbocycles. The third-order valence-corrected chi connectivity index (χ3v) is 7.74. The molecule has 170 valence electrons. The van der Waals surface area contributed by atoms with Gasteiger partial charge in [-0.15, -0.1) is 0 Å². The highest BCUT2D eigenvalue weighted by molar-refractivity contribution is 6.06. The minimum Gasteiger partial charge on any atom is -0.396 e. The molecule has 0 spiro atoms. The zero-order valence-corrected chi connectivity index (χ0v) is 18.7. The summed E-state index contributed by atoms with van der Waals surface area (Å²) in [6.45, 7) is 1.61. The second kappa shape index (κ2) is 8.06. The first-order valence-corrected chi connectivity index (χ1v) is 12.0. The number of aliphatic hydroxyl groups excluding tert-OH is 1. The number of anilines is 1. The number of carbonyl (C=O) groups excluding carboxylic acids is 1. The van der Waals surface area contributed by atoms with Crippen molar-refractivity contribution in [3.8, 4) is 0 Å². The van der Waals surface area contributed by atoms with Gasteiger partial charge < -0.3 is 10.0 Å². The van der Waals surface area contributed by atoms with E-state index in [0.29, 0.717) is 35.8 Å². The highest BCUT2D eigenvalue weighted by Crippen LogP contribution is 2.52. The molecule has 4 aliphatic rings. The van der Waals surface area contributed by atoms with Crippen molar-refractivity contribution >= 4 is 11.7 Å². The topological polar surface area (TPSA) is 84.1 Å². The van der Waals surface area contributed by atoms with Crippen LogP contribution in [0.4, 0.5) is 5.95 Å². The number of nitrogens with zero attached hydrogens (tertiary/aromatic N) is 5. The Balaban J connectivity index is 1.29. The molecule has 2 aliphatic carbocycles. The predicted molar refractivity (Wildman–Crippen MR) is 124 cm³/mol. The fourth-order valence-electron chi connectivity index (χ4n) is 5.91. The first-order valence-electron chi connectivity index (χ1n) is 12.0. The molecule has 33 heavy (non-hydrogen) atoms. The maximum absolute atomic E-state index is 13.4. The minimum absolute atomic E-state index is 0.0135. The number of benzene rings is 1. The van der Waals surface area contributed by atoms with Crippen LogP contribution in [0, 0.1) is 5.41 Å². The number of hydrogen-bond acceptors (Lipinski definition) is 6. The Hall–Kier alpha value is -3.06. The molecule has 2 bridgehead atoms. The summed E-state index contributed by atoms with van der Waals surface area (Å²) in [5, 5.41) is 14.5. The van der Waals surface area contributed by atoms with E-state index in [4.69, 9.17) is 5.10 Å². The summed E-state index contributed by atoms with van der Waals surface area (Å²) in [7, 11) is 0. The molecule has 7 heteroatoms. The molecule has 0 amide bonds. The lowest BCUT2D eigenvalue weighted by molar-refractivity contribution is 0.0873. The maximum Gasteiger partial charge on any atom is 0.231 e. The van der Waals surface area contributed by atoms with Crippen LogP contribution in [0.3, 0.4) is 0 Å². The number of fused-ring (bicyclic) bond motifs is 1. The number of aromatic nitrogens is 4. The van der Waals surface area contributed by atoms with Gasteiger partial charge in [-0.25, -0.2) is 9.97 Å². The molecule has 2 saturated heterocycles. The van der Waals surface area contributed by atoms with E-state index in [-0.39, 0.29) is 17.8 Å². The van der Waals surface area contributed by atoms with Gasteiger partial charge in [0.05, 0.1) is 13.2 Å². The van der Waals surface area contributed by atoms with Gasteiger partial charge in [0.25, 0.3) is 0 Å². The van der Waals surface area contributed by atoms with E-state index in [9.17, 15) is 9.90 Å². The molecule has 2 aliphatic heterocycles. The quantitative estimate of drug-likeness (QED) is 0.562. The van der Waals surface area contributed by atoms with Crippen LogP contribution < -0.4 is 4.90 Å². The van der Waals surface area contributed by atoms with Crippen LogP contribution in [0.2, 0.25) is 0 Å². The van der Waals surface area contributed by atoms with Gasteiger partial charge in [0.1, 0.15) is 11.4 Å². The molecule has 7 nitrogen and oxygen atoms in total. The number of ketones is 1. The van der Waals surface area contributed by atoms with Crippen LogP contribution in [0.15, 0.2) is 48.7 Å². The van der Waals surface area contributed by atoms with E-state index in [1.54, 1.807) is 12.3 Å². The van der Waals surface area contributed by atoms with Crippen LogP contribution in [-0.2, 0) is 6.54 Å². The van der Waals surface area contributed by atoms with E-state index in [0.717, 1.165) is 37.9 Å². The minimum atomic E-state index is -0.159. The lowest BCUT2D eigenvalue weighted by atomic mass is 9.71. The first-order chi connectivity index (χ1) is 16.1. The average Bonchev–Trinajstić information content (AvgIpc) is 3.61. The molecule has 2 saturated carbocycles. The van der Waals surface area contributed by atoms with Gasteiger partial charge in [0.2, 0.25) is 11.7 Å². The smallest absolute Gasteiger partial charge is 0.231 e. The summed E-state index contributed by atoms with van der Waals surface area (Å²) >= 11 is 0. The van der Waals surface area contributed by atoms with E-state index in [2.05, 4.69) is 27.0 Å². The number of hydrogen-bond donors (Lipinski definition) is 1. The Bertz CT molecular complexity index is 1160. The third kappa shape index (κ3) is 3.64.